The van der Waals surface area contributed by atoms with Crippen molar-refractivity contribution in [1.82, 2.24) is 0 Å². The van der Waals surface area contributed by atoms with Crippen LogP contribution in [0.25, 0.3) is 0 Å². The lowest BCUT2D eigenvalue weighted by molar-refractivity contribution is -0.140. The van der Waals surface area contributed by atoms with Crippen molar-refractivity contribution in [3.63, 3.8) is 0 Å². The molecule has 2 nitrogen and oxygen atoms in total. The van der Waals surface area contributed by atoms with Gasteiger partial charge in [0.25, 0.3) is 0 Å². The molecule has 0 radical (unpaired) electrons. The average molecular weight is 327 g/mol. The fourth-order valence-electron chi connectivity index (χ4n) is 3.17. The summed E-state index contributed by atoms with van der Waals surface area (Å²) in [6, 6.07) is 0. The number of ether oxygens (including phenoxy) is 1. The topological polar surface area (TPSA) is 26.3 Å². The van der Waals surface area contributed by atoms with Crippen LogP contribution in [0, 0.1) is 5.92 Å². The zero-order valence-corrected chi connectivity index (χ0v) is 16.2. The molecule has 0 aliphatic heterocycles. The first-order valence-electron chi connectivity index (χ1n) is 10.3. The van der Waals surface area contributed by atoms with Gasteiger partial charge in [-0.1, -0.05) is 104 Å². The number of unbranched alkanes of at least 4 members (excludes halogenated alkanes) is 11. The average Bonchev–Trinajstić information content (AvgIpc) is 2.56. The Labute approximate surface area is 145 Å². The molecule has 0 fully saturated rings. The monoisotopic (exact) mass is 326 g/mol. The second-order valence-electron chi connectivity index (χ2n) is 7.25. The van der Waals surface area contributed by atoms with Gasteiger partial charge in [0.1, 0.15) is 0 Å². The normalized spacial score (nSPS) is 12.3. The zero-order valence-electron chi connectivity index (χ0n) is 16.2. The minimum Gasteiger partial charge on any atom is -0.469 e. The molecule has 0 saturated heterocycles. The number of methoxy groups -OCH3 is 1. The smallest absolute Gasteiger partial charge is 0.305 e. The molecule has 0 N–H and O–H groups in total. The number of rotatable bonds is 17. The maximum atomic E-state index is 11.0. The van der Waals surface area contributed by atoms with Crippen LogP contribution in [0.4, 0.5) is 0 Å². The van der Waals surface area contributed by atoms with Crippen LogP contribution in [0.15, 0.2) is 0 Å². The molecule has 1 unspecified atom stereocenters. The molecule has 0 spiro atoms. The van der Waals surface area contributed by atoms with Crippen LogP contribution >= 0.6 is 0 Å². The summed E-state index contributed by atoms with van der Waals surface area (Å²) in [7, 11) is 1.47. The van der Waals surface area contributed by atoms with Gasteiger partial charge in [-0.3, -0.25) is 4.79 Å². The van der Waals surface area contributed by atoms with Gasteiger partial charge in [-0.15, -0.1) is 0 Å². The first kappa shape index (κ1) is 22.5. The van der Waals surface area contributed by atoms with E-state index in [2.05, 4.69) is 18.6 Å². The lowest BCUT2D eigenvalue weighted by Crippen LogP contribution is -1.99. The molecule has 138 valence electrons. The van der Waals surface area contributed by atoms with E-state index in [1.807, 2.05) is 0 Å². The molecule has 0 aromatic rings. The molecular formula is C21H42O2. The molecule has 0 aromatic heterocycles. The van der Waals surface area contributed by atoms with Gasteiger partial charge in [-0.05, 0) is 12.3 Å². The molecular weight excluding hydrogens is 284 g/mol. The van der Waals surface area contributed by atoms with E-state index < -0.39 is 0 Å². The third-order valence-corrected chi connectivity index (χ3v) is 4.86. The van der Waals surface area contributed by atoms with E-state index in [1.54, 1.807) is 0 Å². The Bertz CT molecular complexity index is 250. The standard InChI is InChI=1S/C21H42O2/c1-4-5-6-7-8-11-14-17-20(2)18-15-12-9-10-13-16-19-21(22)23-3/h20H,4-19H2,1-3H3. The molecule has 0 aliphatic rings. The molecule has 23 heavy (non-hydrogen) atoms. The van der Waals surface area contributed by atoms with Crippen molar-refractivity contribution < 1.29 is 9.53 Å². The SMILES string of the molecule is CCCCCCCCCC(C)CCCCCCCCC(=O)OC. The molecule has 0 aliphatic carbocycles. The van der Waals surface area contributed by atoms with Crippen LogP contribution in [0.1, 0.15) is 117 Å². The van der Waals surface area contributed by atoms with Crippen molar-refractivity contribution in [2.75, 3.05) is 7.11 Å². The first-order chi connectivity index (χ1) is 11.2. The van der Waals surface area contributed by atoms with Crippen molar-refractivity contribution >= 4 is 5.97 Å². The van der Waals surface area contributed by atoms with Crippen molar-refractivity contribution in [2.45, 2.75) is 117 Å². The Morgan fingerprint density at radius 3 is 1.65 bits per heavy atom. The largest absolute Gasteiger partial charge is 0.469 e. The molecule has 0 amide bonds. The van der Waals surface area contributed by atoms with E-state index in [9.17, 15) is 4.79 Å². The lowest BCUT2D eigenvalue weighted by Gasteiger charge is -2.11. The summed E-state index contributed by atoms with van der Waals surface area (Å²) in [5.41, 5.74) is 0. The Morgan fingerprint density at radius 2 is 1.17 bits per heavy atom. The molecule has 1 atom stereocenters. The summed E-state index contributed by atoms with van der Waals surface area (Å²) in [4.78, 5) is 11.0. The van der Waals surface area contributed by atoms with Crippen molar-refractivity contribution in [1.29, 1.82) is 0 Å². The summed E-state index contributed by atoms with van der Waals surface area (Å²) in [5, 5.41) is 0. The van der Waals surface area contributed by atoms with Crippen LogP contribution in [0.5, 0.6) is 0 Å². The Morgan fingerprint density at radius 1 is 0.739 bits per heavy atom. The van der Waals surface area contributed by atoms with E-state index in [1.165, 1.54) is 97.0 Å². The van der Waals surface area contributed by atoms with Crippen molar-refractivity contribution in [3.8, 4) is 0 Å². The van der Waals surface area contributed by atoms with Crippen molar-refractivity contribution in [3.05, 3.63) is 0 Å². The molecule has 0 aromatic carbocycles. The van der Waals surface area contributed by atoms with Gasteiger partial charge in [0.15, 0.2) is 0 Å². The van der Waals surface area contributed by atoms with Crippen LogP contribution in [-0.4, -0.2) is 13.1 Å². The van der Waals surface area contributed by atoms with Gasteiger partial charge in [0.05, 0.1) is 7.11 Å². The minimum atomic E-state index is -0.0656. The van der Waals surface area contributed by atoms with Gasteiger partial charge in [-0.25, -0.2) is 0 Å². The highest BCUT2D eigenvalue weighted by Crippen LogP contribution is 2.18. The molecule has 0 heterocycles. The highest BCUT2D eigenvalue weighted by Gasteiger charge is 2.03. The van der Waals surface area contributed by atoms with E-state index in [4.69, 9.17) is 0 Å². The number of carbonyl (C=O) groups is 1. The van der Waals surface area contributed by atoms with Crippen molar-refractivity contribution in [2.24, 2.45) is 5.92 Å². The van der Waals surface area contributed by atoms with E-state index in [-0.39, 0.29) is 5.97 Å². The van der Waals surface area contributed by atoms with Gasteiger partial charge in [-0.2, -0.15) is 0 Å². The Hall–Kier alpha value is -0.530. The van der Waals surface area contributed by atoms with Crippen LogP contribution in [-0.2, 0) is 9.53 Å². The minimum absolute atomic E-state index is 0.0656. The third-order valence-electron chi connectivity index (χ3n) is 4.86. The fraction of sp³-hybridized carbons (Fsp3) is 0.952. The second-order valence-corrected chi connectivity index (χ2v) is 7.25. The van der Waals surface area contributed by atoms with Gasteiger partial charge < -0.3 is 4.74 Å². The van der Waals surface area contributed by atoms with Gasteiger partial charge in [0, 0.05) is 6.42 Å². The number of esters is 1. The molecule has 0 rings (SSSR count). The van der Waals surface area contributed by atoms with Crippen LogP contribution in [0.2, 0.25) is 0 Å². The number of hydrogen-bond acceptors (Lipinski definition) is 2. The third kappa shape index (κ3) is 17.7. The maximum Gasteiger partial charge on any atom is 0.305 e. The zero-order chi connectivity index (χ0) is 17.2. The summed E-state index contributed by atoms with van der Waals surface area (Å²) >= 11 is 0. The second kappa shape index (κ2) is 17.8. The summed E-state index contributed by atoms with van der Waals surface area (Å²) < 4.78 is 4.65. The molecule has 0 bridgehead atoms. The van der Waals surface area contributed by atoms with E-state index in [0.717, 1.165) is 12.3 Å². The first-order valence-corrected chi connectivity index (χ1v) is 10.3. The maximum absolute atomic E-state index is 11.0. The van der Waals surface area contributed by atoms with Crippen LogP contribution in [0.3, 0.4) is 0 Å². The van der Waals surface area contributed by atoms with Gasteiger partial charge in [0.2, 0.25) is 0 Å². The number of hydrogen-bond donors (Lipinski definition) is 0. The molecule has 0 saturated carbocycles. The van der Waals surface area contributed by atoms with E-state index in [0.29, 0.717) is 6.42 Å². The van der Waals surface area contributed by atoms with Gasteiger partial charge >= 0.3 is 5.97 Å². The van der Waals surface area contributed by atoms with Crippen LogP contribution < -0.4 is 0 Å². The predicted octanol–water partition coefficient (Wildman–Crippen LogP) is 7.06. The molecule has 2 heteroatoms. The Balaban J connectivity index is 3.18. The summed E-state index contributed by atoms with van der Waals surface area (Å²) in [6.45, 7) is 4.71. The number of carbonyl (C=O) groups excluding carboxylic acids is 1. The highest BCUT2D eigenvalue weighted by molar-refractivity contribution is 5.68. The summed E-state index contributed by atoms with van der Waals surface area (Å²) in [5.74, 6) is 0.842. The lowest BCUT2D eigenvalue weighted by atomic mass is 9.96. The Kier molecular flexibility index (Phi) is 17.4. The highest BCUT2D eigenvalue weighted by atomic mass is 16.5. The quantitative estimate of drug-likeness (QED) is 0.211. The fourth-order valence-corrected chi connectivity index (χ4v) is 3.17. The predicted molar refractivity (Wildman–Crippen MR) is 101 cm³/mol. The van der Waals surface area contributed by atoms with E-state index >= 15 is 0 Å². The summed E-state index contributed by atoms with van der Waals surface area (Å²) in [6.07, 6.45) is 20.9.